The maximum absolute atomic E-state index is 14.1. The van der Waals surface area contributed by atoms with E-state index in [1.807, 2.05) is 6.07 Å². The summed E-state index contributed by atoms with van der Waals surface area (Å²) in [6.07, 6.45) is 5.10. The molecule has 0 saturated carbocycles. The Bertz CT molecular complexity index is 1100. The average Bonchev–Trinajstić information content (AvgIpc) is 3.37. The number of nitrogens with one attached hydrogen (secondary N) is 1. The molecule has 0 aliphatic carbocycles. The molecule has 2 aliphatic heterocycles. The summed E-state index contributed by atoms with van der Waals surface area (Å²) >= 11 is 0. The highest BCUT2D eigenvalue weighted by Gasteiger charge is 2.49. The van der Waals surface area contributed by atoms with Gasteiger partial charge in [0, 0.05) is 18.8 Å². The zero-order valence-electron chi connectivity index (χ0n) is 17.1. The molecule has 1 unspecified atom stereocenters. The van der Waals surface area contributed by atoms with E-state index in [9.17, 15) is 13.6 Å². The van der Waals surface area contributed by atoms with Gasteiger partial charge in [0.05, 0.1) is 30.1 Å². The Morgan fingerprint density at radius 3 is 2.81 bits per heavy atom. The zero-order valence-corrected chi connectivity index (χ0v) is 17.1. The van der Waals surface area contributed by atoms with Gasteiger partial charge in [0.15, 0.2) is 0 Å². The van der Waals surface area contributed by atoms with Crippen molar-refractivity contribution in [1.29, 1.82) is 0 Å². The van der Waals surface area contributed by atoms with Gasteiger partial charge in [0.2, 0.25) is 0 Å². The fourth-order valence-corrected chi connectivity index (χ4v) is 5.09. The normalized spacial score (nSPS) is 23.3. The molecule has 2 fully saturated rings. The predicted molar refractivity (Wildman–Crippen MR) is 111 cm³/mol. The number of aromatic nitrogens is 3. The van der Waals surface area contributed by atoms with Crippen molar-refractivity contribution in [2.45, 2.75) is 44.3 Å². The summed E-state index contributed by atoms with van der Waals surface area (Å²) in [6.45, 7) is 2.67. The summed E-state index contributed by atoms with van der Waals surface area (Å²) in [6, 6.07) is 4.95. The molecule has 0 radical (unpaired) electrons. The molecule has 4 heterocycles. The first kappa shape index (κ1) is 19.7. The van der Waals surface area contributed by atoms with Crippen LogP contribution in [0, 0.1) is 11.6 Å². The van der Waals surface area contributed by atoms with Crippen molar-refractivity contribution in [3.63, 3.8) is 0 Å². The number of amides is 1. The fourth-order valence-electron chi connectivity index (χ4n) is 5.09. The molecule has 9 heteroatoms. The van der Waals surface area contributed by atoms with Gasteiger partial charge in [0.25, 0.3) is 0 Å². The highest BCUT2D eigenvalue weighted by molar-refractivity contribution is 5.88. The molecule has 5 rings (SSSR count). The van der Waals surface area contributed by atoms with Crippen molar-refractivity contribution >= 4 is 22.9 Å². The zero-order chi connectivity index (χ0) is 21.5. The third-order valence-electron chi connectivity index (χ3n) is 6.25. The third kappa shape index (κ3) is 3.37. The summed E-state index contributed by atoms with van der Waals surface area (Å²) < 4.78 is 33.5. The Hall–Kier alpha value is -3.23. The predicted octanol–water partition coefficient (Wildman–Crippen LogP) is 4.18. The molecule has 1 N–H and O–H groups in total. The highest BCUT2D eigenvalue weighted by atomic mass is 19.1. The molecule has 7 nitrogen and oxygen atoms in total. The monoisotopic (exact) mass is 427 g/mol. The van der Waals surface area contributed by atoms with Gasteiger partial charge in [-0.15, -0.1) is 0 Å². The van der Waals surface area contributed by atoms with Crippen molar-refractivity contribution in [3.8, 4) is 0 Å². The van der Waals surface area contributed by atoms with Crippen molar-refractivity contribution in [3.05, 3.63) is 54.0 Å². The smallest absolute Gasteiger partial charge is 0.410 e. The second-order valence-electron chi connectivity index (χ2n) is 7.97. The van der Waals surface area contributed by atoms with E-state index in [0.29, 0.717) is 36.6 Å². The minimum absolute atomic E-state index is 0.0533. The average molecular weight is 427 g/mol. The summed E-state index contributed by atoms with van der Waals surface area (Å²) in [5.74, 6) is -0.553. The van der Waals surface area contributed by atoms with Crippen LogP contribution < -0.4 is 4.90 Å². The van der Waals surface area contributed by atoms with Crippen LogP contribution in [0.3, 0.4) is 0 Å². The van der Waals surface area contributed by atoms with Crippen LogP contribution in [0.4, 0.5) is 19.4 Å². The van der Waals surface area contributed by atoms with Gasteiger partial charge >= 0.3 is 6.09 Å². The fraction of sp³-hybridized carbons (Fsp3) is 0.409. The molecule has 2 saturated heterocycles. The first-order chi connectivity index (χ1) is 15.1. The van der Waals surface area contributed by atoms with E-state index in [1.165, 1.54) is 18.5 Å². The van der Waals surface area contributed by atoms with Crippen molar-refractivity contribution in [1.82, 2.24) is 19.9 Å². The lowest BCUT2D eigenvalue weighted by Crippen LogP contribution is -2.52. The van der Waals surface area contributed by atoms with Gasteiger partial charge in [-0.1, -0.05) is 0 Å². The lowest BCUT2D eigenvalue weighted by molar-refractivity contribution is 0.0755. The SMILES string of the molecule is CCOC(=O)N1CCC[C@@H]2[C@H]1CC(c1cc(F)cc(F)c1)N2c1ncnc2[nH]ccc12. The highest BCUT2D eigenvalue weighted by Crippen LogP contribution is 2.46. The molecule has 0 bridgehead atoms. The number of likely N-dealkylation sites (tertiary alicyclic amines) is 1. The number of benzene rings is 1. The number of halogens is 2. The Labute approximate surface area is 178 Å². The van der Waals surface area contributed by atoms with E-state index in [4.69, 9.17) is 4.74 Å². The first-order valence-electron chi connectivity index (χ1n) is 10.5. The molecular weight excluding hydrogens is 404 g/mol. The van der Waals surface area contributed by atoms with E-state index >= 15 is 0 Å². The number of ether oxygens (including phenoxy) is 1. The Kier molecular flexibility index (Phi) is 4.95. The van der Waals surface area contributed by atoms with E-state index in [0.717, 1.165) is 24.3 Å². The molecule has 1 aromatic carbocycles. The van der Waals surface area contributed by atoms with E-state index in [1.54, 1.807) is 18.0 Å². The van der Waals surface area contributed by atoms with Crippen molar-refractivity contribution in [2.75, 3.05) is 18.1 Å². The number of fused-ring (bicyclic) bond motifs is 2. The Balaban J connectivity index is 1.63. The Morgan fingerprint density at radius 1 is 1.23 bits per heavy atom. The lowest BCUT2D eigenvalue weighted by atomic mass is 9.96. The number of H-pyrrole nitrogens is 1. The second kappa shape index (κ2) is 7.79. The molecule has 3 aromatic rings. The van der Waals surface area contributed by atoms with Crippen LogP contribution in [0.2, 0.25) is 0 Å². The van der Waals surface area contributed by atoms with Gasteiger partial charge < -0.3 is 19.5 Å². The van der Waals surface area contributed by atoms with Crippen molar-refractivity contribution in [2.24, 2.45) is 0 Å². The molecule has 162 valence electrons. The minimum atomic E-state index is -0.624. The third-order valence-corrected chi connectivity index (χ3v) is 6.25. The Morgan fingerprint density at radius 2 is 2.03 bits per heavy atom. The first-order valence-corrected chi connectivity index (χ1v) is 10.5. The van der Waals surface area contributed by atoms with E-state index < -0.39 is 11.6 Å². The molecule has 2 aromatic heterocycles. The van der Waals surface area contributed by atoms with Crippen LogP contribution in [0.25, 0.3) is 11.0 Å². The summed E-state index contributed by atoms with van der Waals surface area (Å²) in [5, 5.41) is 0.832. The molecular formula is C22H23F2N5O2. The molecule has 31 heavy (non-hydrogen) atoms. The minimum Gasteiger partial charge on any atom is -0.450 e. The number of carbonyl (C=O) groups is 1. The summed E-state index contributed by atoms with van der Waals surface area (Å²) in [5.41, 5.74) is 1.22. The second-order valence-corrected chi connectivity index (χ2v) is 7.97. The number of rotatable bonds is 3. The number of nitrogens with zero attached hydrogens (tertiary/aromatic N) is 4. The van der Waals surface area contributed by atoms with Crippen LogP contribution in [-0.4, -0.2) is 51.2 Å². The molecule has 2 aliphatic rings. The number of hydrogen-bond donors (Lipinski definition) is 1. The number of hydrogen-bond acceptors (Lipinski definition) is 5. The van der Waals surface area contributed by atoms with Gasteiger partial charge in [-0.05, 0) is 49.9 Å². The maximum Gasteiger partial charge on any atom is 0.410 e. The van der Waals surface area contributed by atoms with Crippen LogP contribution in [0.5, 0.6) is 0 Å². The number of anilines is 1. The van der Waals surface area contributed by atoms with Crippen LogP contribution in [0.1, 0.15) is 37.8 Å². The largest absolute Gasteiger partial charge is 0.450 e. The number of piperidine rings is 1. The summed E-state index contributed by atoms with van der Waals surface area (Å²) in [7, 11) is 0. The van der Waals surface area contributed by atoms with Gasteiger partial charge in [-0.25, -0.2) is 23.5 Å². The quantitative estimate of drug-likeness (QED) is 0.679. The molecule has 0 spiro atoms. The number of carbonyl (C=O) groups excluding carboxylic acids is 1. The van der Waals surface area contributed by atoms with Gasteiger partial charge in [-0.2, -0.15) is 0 Å². The molecule has 1 amide bonds. The van der Waals surface area contributed by atoms with Crippen LogP contribution in [-0.2, 0) is 4.74 Å². The molecule has 3 atom stereocenters. The number of aromatic amines is 1. The topological polar surface area (TPSA) is 74.3 Å². The maximum atomic E-state index is 14.1. The van der Waals surface area contributed by atoms with Gasteiger partial charge in [0.1, 0.15) is 29.4 Å². The van der Waals surface area contributed by atoms with E-state index in [2.05, 4.69) is 19.9 Å². The summed E-state index contributed by atoms with van der Waals surface area (Å²) in [4.78, 5) is 28.4. The lowest BCUT2D eigenvalue weighted by Gasteiger charge is -2.40. The van der Waals surface area contributed by atoms with Crippen LogP contribution >= 0.6 is 0 Å². The van der Waals surface area contributed by atoms with E-state index in [-0.39, 0.29) is 24.2 Å². The van der Waals surface area contributed by atoms with Gasteiger partial charge in [-0.3, -0.25) is 0 Å². The van der Waals surface area contributed by atoms with Crippen molar-refractivity contribution < 1.29 is 18.3 Å². The van der Waals surface area contributed by atoms with Crippen LogP contribution in [0.15, 0.2) is 36.8 Å². The standard InChI is InChI=1S/C22H23F2N5O2/c1-2-31-22(30)28-7-3-4-17-19(28)11-18(13-8-14(23)10-15(24)9-13)29(17)21-16-5-6-25-20(16)26-12-27-21/h5-6,8-10,12,17-19H,2-4,7,11H2,1H3,(H,25,26,27)/t17-,18?,19-/m1/s1.